The van der Waals surface area contributed by atoms with Crippen molar-refractivity contribution in [2.24, 2.45) is 0 Å². The molecular formula is C12H15NO4S. The number of amides is 1. The molecule has 1 aromatic heterocycles. The lowest BCUT2D eigenvalue weighted by atomic mass is 10.2. The largest absolute Gasteiger partial charge is 0.479 e. The van der Waals surface area contributed by atoms with E-state index < -0.39 is 18.2 Å². The fraction of sp³-hybridized carbons (Fsp3) is 0.500. The fourth-order valence-electron chi connectivity index (χ4n) is 1.96. The van der Waals surface area contributed by atoms with Crippen LogP contribution < -0.4 is 0 Å². The third-order valence-corrected chi connectivity index (χ3v) is 3.78. The van der Waals surface area contributed by atoms with E-state index in [1.807, 2.05) is 17.5 Å². The van der Waals surface area contributed by atoms with Gasteiger partial charge in [0.05, 0.1) is 6.54 Å². The van der Waals surface area contributed by atoms with Gasteiger partial charge in [0.1, 0.15) is 6.10 Å². The number of aliphatic carboxylic acids is 1. The van der Waals surface area contributed by atoms with E-state index in [0.717, 1.165) is 4.88 Å². The standard InChI is InChI=1S/C12H15NO4S/c1-13(7-8-3-2-6-18-8)11(14)9-4-5-10(17-9)12(15)16/h2-3,6,9-10H,4-5,7H2,1H3,(H,15,16). The lowest BCUT2D eigenvalue weighted by molar-refractivity contribution is -0.154. The van der Waals surface area contributed by atoms with Gasteiger partial charge in [-0.3, -0.25) is 4.79 Å². The number of nitrogens with zero attached hydrogens (tertiary/aromatic N) is 1. The highest BCUT2D eigenvalue weighted by molar-refractivity contribution is 7.09. The van der Waals surface area contributed by atoms with Crippen molar-refractivity contribution >= 4 is 23.2 Å². The Labute approximate surface area is 109 Å². The molecule has 2 heterocycles. The van der Waals surface area contributed by atoms with Crippen molar-refractivity contribution in [3.8, 4) is 0 Å². The lowest BCUT2D eigenvalue weighted by Crippen LogP contribution is -2.36. The maximum absolute atomic E-state index is 12.1. The SMILES string of the molecule is CN(Cc1cccs1)C(=O)C1CCC(C(=O)O)O1. The number of rotatable bonds is 4. The first kappa shape index (κ1) is 13.0. The van der Waals surface area contributed by atoms with Crippen LogP contribution in [0.25, 0.3) is 0 Å². The van der Waals surface area contributed by atoms with Gasteiger partial charge in [0, 0.05) is 11.9 Å². The molecule has 1 amide bonds. The van der Waals surface area contributed by atoms with Crippen molar-refractivity contribution in [3.63, 3.8) is 0 Å². The molecule has 1 fully saturated rings. The van der Waals surface area contributed by atoms with E-state index in [1.54, 1.807) is 23.3 Å². The number of likely N-dealkylation sites (N-methyl/N-ethyl adjacent to an activating group) is 1. The summed E-state index contributed by atoms with van der Waals surface area (Å²) in [5.41, 5.74) is 0. The van der Waals surface area contributed by atoms with E-state index in [2.05, 4.69) is 0 Å². The average molecular weight is 269 g/mol. The molecular weight excluding hydrogens is 254 g/mol. The van der Waals surface area contributed by atoms with E-state index in [0.29, 0.717) is 19.4 Å². The van der Waals surface area contributed by atoms with Crippen LogP contribution in [-0.2, 0) is 20.9 Å². The van der Waals surface area contributed by atoms with Gasteiger partial charge in [-0.05, 0) is 24.3 Å². The topological polar surface area (TPSA) is 66.8 Å². The predicted octanol–water partition coefficient (Wildman–Crippen LogP) is 1.34. The minimum Gasteiger partial charge on any atom is -0.479 e. The first-order valence-electron chi connectivity index (χ1n) is 5.73. The van der Waals surface area contributed by atoms with Crippen LogP contribution in [0.1, 0.15) is 17.7 Å². The summed E-state index contributed by atoms with van der Waals surface area (Å²) in [5, 5.41) is 10.8. The Morgan fingerprint density at radius 2 is 2.22 bits per heavy atom. The Kier molecular flexibility index (Phi) is 3.98. The number of carboxylic acid groups (broad SMARTS) is 1. The first-order valence-corrected chi connectivity index (χ1v) is 6.61. The number of hydrogen-bond acceptors (Lipinski definition) is 4. The van der Waals surface area contributed by atoms with Gasteiger partial charge in [-0.2, -0.15) is 0 Å². The number of carboxylic acids is 1. The highest BCUT2D eigenvalue weighted by Gasteiger charge is 2.35. The van der Waals surface area contributed by atoms with Crippen molar-refractivity contribution < 1.29 is 19.4 Å². The Hall–Kier alpha value is -1.40. The van der Waals surface area contributed by atoms with Crippen LogP contribution >= 0.6 is 11.3 Å². The molecule has 1 aliphatic heterocycles. The number of ether oxygens (including phenoxy) is 1. The predicted molar refractivity (Wildman–Crippen MR) is 66.3 cm³/mol. The van der Waals surface area contributed by atoms with Gasteiger partial charge < -0.3 is 14.7 Å². The summed E-state index contributed by atoms with van der Waals surface area (Å²) in [7, 11) is 1.71. The summed E-state index contributed by atoms with van der Waals surface area (Å²) in [6, 6.07) is 3.90. The van der Waals surface area contributed by atoms with E-state index >= 15 is 0 Å². The van der Waals surface area contributed by atoms with Crippen LogP contribution in [0, 0.1) is 0 Å². The van der Waals surface area contributed by atoms with Crippen LogP contribution in [0.5, 0.6) is 0 Å². The quantitative estimate of drug-likeness (QED) is 0.895. The van der Waals surface area contributed by atoms with E-state index in [4.69, 9.17) is 9.84 Å². The minimum absolute atomic E-state index is 0.146. The van der Waals surface area contributed by atoms with Gasteiger partial charge in [0.2, 0.25) is 0 Å². The molecule has 1 aliphatic rings. The number of carbonyl (C=O) groups is 2. The van der Waals surface area contributed by atoms with Gasteiger partial charge in [0.15, 0.2) is 6.10 Å². The Morgan fingerprint density at radius 1 is 1.50 bits per heavy atom. The molecule has 18 heavy (non-hydrogen) atoms. The normalized spacial score (nSPS) is 22.9. The molecule has 0 aliphatic carbocycles. The summed E-state index contributed by atoms with van der Waals surface area (Å²) >= 11 is 1.59. The van der Waals surface area contributed by atoms with E-state index in [-0.39, 0.29) is 5.91 Å². The third-order valence-electron chi connectivity index (χ3n) is 2.92. The van der Waals surface area contributed by atoms with Crippen molar-refractivity contribution in [1.82, 2.24) is 4.90 Å². The zero-order chi connectivity index (χ0) is 13.1. The van der Waals surface area contributed by atoms with Crippen LogP contribution in [0.4, 0.5) is 0 Å². The van der Waals surface area contributed by atoms with Crippen LogP contribution in [0.15, 0.2) is 17.5 Å². The van der Waals surface area contributed by atoms with Crippen LogP contribution in [-0.4, -0.2) is 41.1 Å². The summed E-state index contributed by atoms with van der Waals surface area (Å²) in [6.07, 6.45) is -0.575. The average Bonchev–Trinajstić information content (AvgIpc) is 2.98. The third kappa shape index (κ3) is 2.88. The van der Waals surface area contributed by atoms with E-state index in [1.165, 1.54) is 0 Å². The minimum atomic E-state index is -0.994. The second kappa shape index (κ2) is 5.49. The highest BCUT2D eigenvalue weighted by atomic mass is 32.1. The maximum atomic E-state index is 12.1. The van der Waals surface area contributed by atoms with Crippen molar-refractivity contribution in [2.45, 2.75) is 31.6 Å². The van der Waals surface area contributed by atoms with E-state index in [9.17, 15) is 9.59 Å². The number of thiophene rings is 1. The second-order valence-corrected chi connectivity index (χ2v) is 5.33. The van der Waals surface area contributed by atoms with Gasteiger partial charge in [0.25, 0.3) is 5.91 Å². The Bertz CT molecular complexity index is 431. The smallest absolute Gasteiger partial charge is 0.332 e. The maximum Gasteiger partial charge on any atom is 0.332 e. The lowest BCUT2D eigenvalue weighted by Gasteiger charge is -2.20. The van der Waals surface area contributed by atoms with Crippen LogP contribution in [0.3, 0.4) is 0 Å². The monoisotopic (exact) mass is 269 g/mol. The summed E-state index contributed by atoms with van der Waals surface area (Å²) in [4.78, 5) is 25.5. The van der Waals surface area contributed by atoms with Gasteiger partial charge in [-0.25, -0.2) is 4.79 Å². The molecule has 1 N–H and O–H groups in total. The molecule has 5 nitrogen and oxygen atoms in total. The number of hydrogen-bond donors (Lipinski definition) is 1. The molecule has 0 aromatic carbocycles. The second-order valence-electron chi connectivity index (χ2n) is 4.30. The zero-order valence-electron chi connectivity index (χ0n) is 10.0. The molecule has 98 valence electrons. The molecule has 0 spiro atoms. The molecule has 0 radical (unpaired) electrons. The van der Waals surface area contributed by atoms with Crippen LogP contribution in [0.2, 0.25) is 0 Å². The Morgan fingerprint density at radius 3 is 2.78 bits per heavy atom. The van der Waals surface area contributed by atoms with Gasteiger partial charge >= 0.3 is 5.97 Å². The zero-order valence-corrected chi connectivity index (χ0v) is 10.9. The Balaban J connectivity index is 1.90. The van der Waals surface area contributed by atoms with Crippen molar-refractivity contribution in [2.75, 3.05) is 7.05 Å². The van der Waals surface area contributed by atoms with Crippen molar-refractivity contribution in [3.05, 3.63) is 22.4 Å². The molecule has 2 unspecified atom stereocenters. The molecule has 0 bridgehead atoms. The fourth-order valence-corrected chi connectivity index (χ4v) is 2.72. The summed E-state index contributed by atoms with van der Waals surface area (Å²) in [6.45, 7) is 0.536. The molecule has 2 atom stereocenters. The summed E-state index contributed by atoms with van der Waals surface area (Å²) in [5.74, 6) is -1.14. The molecule has 0 saturated carbocycles. The molecule has 1 aromatic rings. The molecule has 2 rings (SSSR count). The highest BCUT2D eigenvalue weighted by Crippen LogP contribution is 2.22. The summed E-state index contributed by atoms with van der Waals surface area (Å²) < 4.78 is 5.24. The first-order chi connectivity index (χ1) is 8.58. The van der Waals surface area contributed by atoms with Gasteiger partial charge in [-0.15, -0.1) is 11.3 Å². The molecule has 6 heteroatoms. The van der Waals surface area contributed by atoms with Gasteiger partial charge in [-0.1, -0.05) is 6.07 Å². The number of carbonyl (C=O) groups excluding carboxylic acids is 1. The van der Waals surface area contributed by atoms with Crippen molar-refractivity contribution in [1.29, 1.82) is 0 Å². The molecule has 1 saturated heterocycles.